The molecule has 118 valence electrons. The van der Waals surface area contributed by atoms with Crippen molar-refractivity contribution >= 4 is 37.7 Å². The molecule has 1 aliphatic heterocycles. The third-order valence-electron chi connectivity index (χ3n) is 3.49. The Morgan fingerprint density at radius 1 is 1.09 bits per heavy atom. The van der Waals surface area contributed by atoms with Crippen molar-refractivity contribution in [3.8, 4) is 0 Å². The molecule has 2 aromatic carbocycles. The molecule has 0 fully saturated rings. The van der Waals surface area contributed by atoms with Gasteiger partial charge in [0.1, 0.15) is 14.8 Å². The van der Waals surface area contributed by atoms with Crippen LogP contribution in [0.5, 0.6) is 0 Å². The van der Waals surface area contributed by atoms with Crippen molar-refractivity contribution in [1.29, 1.82) is 0 Å². The van der Waals surface area contributed by atoms with Gasteiger partial charge in [0.05, 0.1) is 4.90 Å². The molecule has 3 aromatic rings. The number of fused-ring (bicyclic) bond motifs is 3. The fourth-order valence-corrected chi connectivity index (χ4v) is 3.90. The minimum absolute atomic E-state index is 0.178. The molecule has 0 saturated heterocycles. The zero-order chi connectivity index (χ0) is 16.4. The maximum Gasteiger partial charge on any atom is 0.262 e. The predicted octanol–water partition coefficient (Wildman–Crippen LogP) is 3.11. The van der Waals surface area contributed by atoms with Crippen LogP contribution < -0.4 is 4.57 Å². The van der Waals surface area contributed by atoms with Crippen molar-refractivity contribution in [3.05, 3.63) is 65.2 Å². The molecule has 0 bridgehead atoms. The van der Waals surface area contributed by atoms with Crippen molar-refractivity contribution in [2.45, 2.75) is 18.4 Å². The summed E-state index contributed by atoms with van der Waals surface area (Å²) in [5.41, 5.74) is 2.29. The molecule has 1 aliphatic rings. The topological polar surface area (TPSA) is 61.1 Å². The van der Waals surface area contributed by atoms with Crippen LogP contribution in [0.25, 0.3) is 16.3 Å². The third kappa shape index (κ3) is 3.50. The van der Waals surface area contributed by atoms with Gasteiger partial charge in [0, 0.05) is 12.1 Å². The highest BCUT2D eigenvalue weighted by Crippen LogP contribution is 2.23. The first kappa shape index (κ1) is 15.9. The number of rotatable bonds is 1. The van der Waals surface area contributed by atoms with E-state index in [4.69, 9.17) is 0 Å². The number of thiazole rings is 1. The van der Waals surface area contributed by atoms with Crippen LogP contribution in [-0.4, -0.2) is 13.0 Å². The smallest absolute Gasteiger partial charge is 0.262 e. The molecule has 23 heavy (non-hydrogen) atoms. The molecule has 0 radical (unpaired) electrons. The van der Waals surface area contributed by atoms with Crippen molar-refractivity contribution in [3.63, 3.8) is 0 Å². The normalized spacial score (nSPS) is 12.8. The van der Waals surface area contributed by atoms with Crippen molar-refractivity contribution in [1.82, 2.24) is 0 Å². The lowest BCUT2D eigenvalue weighted by Crippen LogP contribution is -2.30. The van der Waals surface area contributed by atoms with E-state index in [-0.39, 0.29) is 4.90 Å². The maximum absolute atomic E-state index is 10.4. The summed E-state index contributed by atoms with van der Waals surface area (Å²) in [4.78, 5) is -0.178. The quantitative estimate of drug-likeness (QED) is 0.503. The monoisotopic (exact) mass is 345 g/mol. The summed E-state index contributed by atoms with van der Waals surface area (Å²) in [5.74, 6) is 0. The van der Waals surface area contributed by atoms with Crippen LogP contribution in [0.4, 0.5) is 0 Å². The number of allylic oxidation sites excluding steroid dienone is 1. The second-order valence-electron chi connectivity index (χ2n) is 5.19. The van der Waals surface area contributed by atoms with Crippen LogP contribution in [0, 0.1) is 6.92 Å². The van der Waals surface area contributed by atoms with Gasteiger partial charge < -0.3 is 4.55 Å². The Morgan fingerprint density at radius 2 is 1.78 bits per heavy atom. The molecular weight excluding hydrogens is 330 g/mol. The summed E-state index contributed by atoms with van der Waals surface area (Å²) < 4.78 is 34.9. The summed E-state index contributed by atoms with van der Waals surface area (Å²) in [5, 5.41) is 1.37. The molecule has 0 atom stereocenters. The number of hydrogen-bond donors (Lipinski definition) is 0. The van der Waals surface area contributed by atoms with Gasteiger partial charge in [-0.05, 0) is 31.2 Å². The number of benzene rings is 2. The lowest BCUT2D eigenvalue weighted by molar-refractivity contribution is -0.654. The molecule has 0 amide bonds. The number of hydrogen-bond acceptors (Lipinski definition) is 4. The summed E-state index contributed by atoms with van der Waals surface area (Å²) in [6.45, 7) is 2.86. The average molecular weight is 345 g/mol. The number of aromatic nitrogens is 1. The maximum atomic E-state index is 10.4. The van der Waals surface area contributed by atoms with Crippen molar-refractivity contribution in [2.75, 3.05) is 0 Å². The zero-order valence-corrected chi connectivity index (χ0v) is 14.1. The second kappa shape index (κ2) is 6.23. The Hall–Kier alpha value is -2.02. The van der Waals surface area contributed by atoms with Crippen molar-refractivity contribution in [2.24, 2.45) is 0 Å². The summed E-state index contributed by atoms with van der Waals surface area (Å²) in [6, 6.07) is 14.3. The van der Waals surface area contributed by atoms with Gasteiger partial charge in [0.2, 0.25) is 5.52 Å². The first-order chi connectivity index (χ1) is 10.9. The van der Waals surface area contributed by atoms with Crippen LogP contribution in [-0.2, 0) is 16.7 Å². The minimum atomic E-state index is -4.27. The van der Waals surface area contributed by atoms with E-state index < -0.39 is 10.1 Å². The van der Waals surface area contributed by atoms with E-state index in [1.54, 1.807) is 12.1 Å². The first-order valence-corrected chi connectivity index (χ1v) is 9.28. The molecule has 0 aliphatic carbocycles. The lowest BCUT2D eigenvalue weighted by atomic mass is 10.2. The fourth-order valence-electron chi connectivity index (χ4n) is 2.33. The third-order valence-corrected chi connectivity index (χ3v) is 5.47. The van der Waals surface area contributed by atoms with Gasteiger partial charge in [-0.1, -0.05) is 41.2 Å². The van der Waals surface area contributed by atoms with E-state index in [2.05, 4.69) is 41.0 Å². The molecule has 1 aromatic heterocycles. The van der Waals surface area contributed by atoms with E-state index in [0.29, 0.717) is 0 Å². The average Bonchev–Trinajstić information content (AvgIpc) is 3.08. The zero-order valence-electron chi connectivity index (χ0n) is 12.5. The Balaban J connectivity index is 0.000000137. The molecule has 0 N–H and O–H groups in total. The minimum Gasteiger partial charge on any atom is -0.744 e. The number of aryl methyl sites for hydroxylation is 1. The van der Waals surface area contributed by atoms with Crippen LogP contribution in [0.3, 0.4) is 0 Å². The van der Waals surface area contributed by atoms with Crippen LogP contribution in [0.2, 0.25) is 0 Å². The molecule has 0 unspecified atom stereocenters. The Morgan fingerprint density at radius 3 is 2.48 bits per heavy atom. The molecule has 2 heterocycles. The van der Waals surface area contributed by atoms with Crippen molar-refractivity contribution < 1.29 is 17.5 Å². The highest BCUT2D eigenvalue weighted by Gasteiger charge is 2.20. The fraction of sp³-hybridized carbons (Fsp3) is 0.118. The molecule has 4 rings (SSSR count). The van der Waals surface area contributed by atoms with E-state index >= 15 is 0 Å². The number of nitrogens with zero attached hydrogens (tertiary/aromatic N) is 1. The van der Waals surface area contributed by atoms with Gasteiger partial charge in [-0.2, -0.15) is 4.57 Å². The van der Waals surface area contributed by atoms with Crippen LogP contribution in [0.1, 0.15) is 10.6 Å². The lowest BCUT2D eigenvalue weighted by Gasteiger charge is -2.05. The summed E-state index contributed by atoms with van der Waals surface area (Å²) in [6.07, 6.45) is 4.41. The molecular formula is C17H15NO3S2. The van der Waals surface area contributed by atoms with E-state index in [9.17, 15) is 13.0 Å². The largest absolute Gasteiger partial charge is 0.744 e. The highest BCUT2D eigenvalue weighted by molar-refractivity contribution is 7.85. The Bertz CT molecular complexity index is 971. The molecule has 4 nitrogen and oxygen atoms in total. The molecule has 6 heteroatoms. The van der Waals surface area contributed by atoms with Crippen LogP contribution >= 0.6 is 11.3 Å². The van der Waals surface area contributed by atoms with Gasteiger partial charge >= 0.3 is 0 Å². The van der Waals surface area contributed by atoms with Gasteiger partial charge in [0.25, 0.3) is 5.01 Å². The van der Waals surface area contributed by atoms with Gasteiger partial charge in [-0.3, -0.25) is 0 Å². The first-order valence-electron chi connectivity index (χ1n) is 7.05. The predicted molar refractivity (Wildman–Crippen MR) is 90.2 cm³/mol. The summed E-state index contributed by atoms with van der Waals surface area (Å²) >= 11 is 1.86. The standard InChI is InChI=1S/C10H8NS.C7H8O3S/c1-2-5-9-8(4-1)11-7-3-6-10(11)12-9;1-6-2-4-7(5-3-6)11(8,9)10/h1-6H,7H2;2-5H,1H3,(H,8,9,10)/q+1;/p-1. The second-order valence-corrected chi connectivity index (χ2v) is 7.63. The van der Waals surface area contributed by atoms with E-state index in [0.717, 1.165) is 12.1 Å². The highest BCUT2D eigenvalue weighted by atomic mass is 32.2. The summed E-state index contributed by atoms with van der Waals surface area (Å²) in [7, 11) is -4.27. The molecule has 0 saturated carbocycles. The van der Waals surface area contributed by atoms with E-state index in [1.165, 1.54) is 27.4 Å². The van der Waals surface area contributed by atoms with E-state index in [1.807, 2.05) is 18.3 Å². The van der Waals surface area contributed by atoms with Gasteiger partial charge in [0.15, 0.2) is 6.54 Å². The van der Waals surface area contributed by atoms with Gasteiger partial charge in [-0.15, -0.1) is 0 Å². The Labute approximate surface area is 139 Å². The van der Waals surface area contributed by atoms with Gasteiger partial charge in [-0.25, -0.2) is 8.42 Å². The Kier molecular flexibility index (Phi) is 4.30. The molecule has 0 spiro atoms. The number of para-hydroxylation sites is 1. The van der Waals surface area contributed by atoms with Crippen LogP contribution in [0.15, 0.2) is 59.5 Å². The SMILES string of the molecule is C1=Cc2sc3ccccc3[n+]2C1.Cc1ccc(S(=O)(=O)[O-])cc1.